The molecule has 112 valence electrons. The molecule has 0 saturated heterocycles. The van der Waals surface area contributed by atoms with Crippen LogP contribution in [0.15, 0.2) is 18.2 Å². The van der Waals surface area contributed by atoms with E-state index in [-0.39, 0.29) is 29.2 Å². The predicted octanol–water partition coefficient (Wildman–Crippen LogP) is 1.40. The van der Waals surface area contributed by atoms with E-state index in [1.807, 2.05) is 0 Å². The monoisotopic (exact) mass is 290 g/mol. The van der Waals surface area contributed by atoms with Crippen molar-refractivity contribution in [2.75, 3.05) is 5.32 Å². The maximum absolute atomic E-state index is 12.4. The molecular weight excluding hydrogens is 272 g/mol. The summed E-state index contributed by atoms with van der Waals surface area (Å²) in [7, 11) is 0. The number of amides is 1. The third-order valence-corrected chi connectivity index (χ3v) is 4.78. The lowest BCUT2D eigenvalue weighted by Gasteiger charge is -2.27. The van der Waals surface area contributed by atoms with Crippen molar-refractivity contribution in [3.63, 3.8) is 0 Å². The third kappa shape index (κ3) is 2.35. The molecule has 0 radical (unpaired) electrons. The average Bonchev–Trinajstić information content (AvgIpc) is 2.98. The van der Waals surface area contributed by atoms with Crippen molar-refractivity contribution in [3.05, 3.63) is 23.8 Å². The lowest BCUT2D eigenvalue weighted by atomic mass is 9.84. The number of nitrogens with one attached hydrogen (secondary N) is 1. The molecule has 0 aromatic heterocycles. The van der Waals surface area contributed by atoms with Crippen LogP contribution in [0.5, 0.6) is 5.75 Å². The number of benzene rings is 1. The Morgan fingerprint density at radius 2 is 1.95 bits per heavy atom. The van der Waals surface area contributed by atoms with Crippen LogP contribution in [0.2, 0.25) is 0 Å². The number of aromatic hydroxyl groups is 1. The summed E-state index contributed by atoms with van der Waals surface area (Å²) in [6.45, 7) is 0. The van der Waals surface area contributed by atoms with Gasteiger partial charge in [0.2, 0.25) is 5.91 Å². The second kappa shape index (κ2) is 5.04. The normalized spacial score (nSPS) is 30.3. The van der Waals surface area contributed by atoms with Gasteiger partial charge in [0.1, 0.15) is 11.3 Å². The van der Waals surface area contributed by atoms with Crippen molar-refractivity contribution in [2.45, 2.75) is 25.3 Å². The van der Waals surface area contributed by atoms with Crippen molar-refractivity contribution in [2.24, 2.45) is 23.5 Å². The predicted molar refractivity (Wildman–Crippen MR) is 76.0 cm³/mol. The molecule has 4 unspecified atom stereocenters. The molecule has 4 atom stereocenters. The zero-order chi connectivity index (χ0) is 15.1. The lowest BCUT2D eigenvalue weighted by molar-refractivity contribution is -0.121. The average molecular weight is 290 g/mol. The molecule has 1 amide bonds. The van der Waals surface area contributed by atoms with Crippen molar-refractivity contribution < 1.29 is 19.8 Å². The molecule has 6 nitrogen and oxygen atoms in total. The van der Waals surface area contributed by atoms with Gasteiger partial charge in [-0.2, -0.15) is 0 Å². The fourth-order valence-corrected chi connectivity index (χ4v) is 3.74. The Labute approximate surface area is 122 Å². The van der Waals surface area contributed by atoms with Crippen LogP contribution in [0.25, 0.3) is 0 Å². The van der Waals surface area contributed by atoms with Gasteiger partial charge in [-0.05, 0) is 43.2 Å². The van der Waals surface area contributed by atoms with Gasteiger partial charge in [-0.3, -0.25) is 4.79 Å². The molecule has 2 bridgehead atoms. The minimum atomic E-state index is -1.21. The zero-order valence-corrected chi connectivity index (χ0v) is 11.5. The van der Waals surface area contributed by atoms with Crippen LogP contribution >= 0.6 is 0 Å². The number of rotatable bonds is 3. The van der Waals surface area contributed by atoms with E-state index in [9.17, 15) is 14.7 Å². The number of phenols is 1. The Kier molecular flexibility index (Phi) is 3.33. The van der Waals surface area contributed by atoms with Crippen molar-refractivity contribution in [3.8, 4) is 5.75 Å². The number of carboxylic acids is 1. The summed E-state index contributed by atoms with van der Waals surface area (Å²) in [4.78, 5) is 23.2. The fourth-order valence-electron chi connectivity index (χ4n) is 3.74. The number of fused-ring (bicyclic) bond motifs is 2. The van der Waals surface area contributed by atoms with E-state index < -0.39 is 5.97 Å². The van der Waals surface area contributed by atoms with E-state index in [4.69, 9.17) is 10.8 Å². The van der Waals surface area contributed by atoms with Crippen LogP contribution in [0, 0.1) is 17.8 Å². The van der Waals surface area contributed by atoms with Crippen LogP contribution in [-0.4, -0.2) is 28.1 Å². The molecule has 21 heavy (non-hydrogen) atoms. The molecule has 0 heterocycles. The SMILES string of the molecule is NC1C2CCC(C2)C1C(=O)Nc1ccc(C(=O)O)c(O)c1. The summed E-state index contributed by atoms with van der Waals surface area (Å²) >= 11 is 0. The van der Waals surface area contributed by atoms with Crippen LogP contribution in [0.3, 0.4) is 0 Å². The largest absolute Gasteiger partial charge is 0.507 e. The Hall–Kier alpha value is -2.08. The van der Waals surface area contributed by atoms with Crippen LogP contribution in [0.4, 0.5) is 5.69 Å². The first kappa shape index (κ1) is 13.9. The Balaban J connectivity index is 1.73. The number of hydrogen-bond acceptors (Lipinski definition) is 4. The van der Waals surface area contributed by atoms with Gasteiger partial charge in [0, 0.05) is 17.8 Å². The third-order valence-electron chi connectivity index (χ3n) is 4.78. The van der Waals surface area contributed by atoms with E-state index in [2.05, 4.69) is 5.32 Å². The Bertz CT molecular complexity index is 599. The molecule has 5 N–H and O–H groups in total. The summed E-state index contributed by atoms with van der Waals surface area (Å²) in [6.07, 6.45) is 3.16. The number of nitrogens with two attached hydrogens (primary N) is 1. The van der Waals surface area contributed by atoms with E-state index in [1.165, 1.54) is 18.2 Å². The molecule has 3 rings (SSSR count). The standard InChI is InChI=1S/C15H18N2O4/c16-13-8-2-1-7(5-8)12(13)14(19)17-9-3-4-10(15(20)21)11(18)6-9/h3-4,6-8,12-13,18H,1-2,5,16H2,(H,17,19)(H,20,21). The number of anilines is 1. The van der Waals surface area contributed by atoms with Gasteiger partial charge in [-0.1, -0.05) is 0 Å². The summed E-state index contributed by atoms with van der Waals surface area (Å²) in [5.41, 5.74) is 6.32. The number of carboxylic acid groups (broad SMARTS) is 1. The van der Waals surface area contributed by atoms with Gasteiger partial charge in [0.25, 0.3) is 0 Å². The number of hydrogen-bond donors (Lipinski definition) is 4. The molecule has 0 aliphatic heterocycles. The maximum atomic E-state index is 12.4. The first-order valence-electron chi connectivity index (χ1n) is 7.10. The van der Waals surface area contributed by atoms with Gasteiger partial charge < -0.3 is 21.3 Å². The van der Waals surface area contributed by atoms with E-state index >= 15 is 0 Å². The fraction of sp³-hybridized carbons (Fsp3) is 0.467. The quantitative estimate of drug-likeness (QED) is 0.672. The van der Waals surface area contributed by atoms with Gasteiger partial charge >= 0.3 is 5.97 Å². The van der Waals surface area contributed by atoms with Gasteiger partial charge in [-0.25, -0.2) is 4.79 Å². The Morgan fingerprint density at radius 1 is 1.24 bits per heavy atom. The molecule has 2 fully saturated rings. The van der Waals surface area contributed by atoms with Crippen LogP contribution < -0.4 is 11.1 Å². The van der Waals surface area contributed by atoms with Crippen LogP contribution in [0.1, 0.15) is 29.6 Å². The highest BCUT2D eigenvalue weighted by Crippen LogP contribution is 2.47. The molecule has 1 aromatic carbocycles. The minimum absolute atomic E-state index is 0.101. The molecule has 2 aliphatic carbocycles. The summed E-state index contributed by atoms with van der Waals surface area (Å²) in [6, 6.07) is 3.89. The zero-order valence-electron chi connectivity index (χ0n) is 11.5. The van der Waals surface area contributed by atoms with Crippen molar-refractivity contribution in [1.82, 2.24) is 0 Å². The molecule has 2 aliphatic rings. The summed E-state index contributed by atoms with van der Waals surface area (Å²) in [5, 5.41) is 21.2. The van der Waals surface area contributed by atoms with Crippen molar-refractivity contribution in [1.29, 1.82) is 0 Å². The van der Waals surface area contributed by atoms with Gasteiger partial charge in [0.05, 0.1) is 5.92 Å². The molecule has 1 aromatic rings. The Morgan fingerprint density at radius 3 is 2.52 bits per heavy atom. The number of aromatic carboxylic acids is 1. The summed E-state index contributed by atoms with van der Waals surface area (Å²) in [5.74, 6) is -1.12. The maximum Gasteiger partial charge on any atom is 0.339 e. The van der Waals surface area contributed by atoms with E-state index in [0.717, 1.165) is 19.3 Å². The molecule has 0 spiro atoms. The van der Waals surface area contributed by atoms with E-state index in [0.29, 0.717) is 17.5 Å². The van der Waals surface area contributed by atoms with Crippen LogP contribution in [-0.2, 0) is 4.79 Å². The number of carbonyl (C=O) groups is 2. The first-order chi connectivity index (χ1) is 9.97. The second-order valence-electron chi connectivity index (χ2n) is 5.96. The summed E-state index contributed by atoms with van der Waals surface area (Å²) < 4.78 is 0. The lowest BCUT2D eigenvalue weighted by Crippen LogP contribution is -2.42. The van der Waals surface area contributed by atoms with Gasteiger partial charge in [-0.15, -0.1) is 0 Å². The highest BCUT2D eigenvalue weighted by Gasteiger charge is 2.49. The first-order valence-corrected chi connectivity index (χ1v) is 7.10. The highest BCUT2D eigenvalue weighted by atomic mass is 16.4. The topological polar surface area (TPSA) is 113 Å². The van der Waals surface area contributed by atoms with Crippen molar-refractivity contribution >= 4 is 17.6 Å². The van der Waals surface area contributed by atoms with Gasteiger partial charge in [0.15, 0.2) is 0 Å². The molecular formula is C15H18N2O4. The molecule has 6 heteroatoms. The smallest absolute Gasteiger partial charge is 0.339 e. The second-order valence-corrected chi connectivity index (χ2v) is 5.96. The number of carbonyl (C=O) groups excluding carboxylic acids is 1. The minimum Gasteiger partial charge on any atom is -0.507 e. The van der Waals surface area contributed by atoms with E-state index in [1.54, 1.807) is 0 Å². The highest BCUT2D eigenvalue weighted by molar-refractivity contribution is 5.96. The molecule has 2 saturated carbocycles.